The van der Waals surface area contributed by atoms with Crippen LogP contribution in [-0.2, 0) is 14.3 Å². The van der Waals surface area contributed by atoms with Gasteiger partial charge in [0, 0.05) is 19.0 Å². The van der Waals surface area contributed by atoms with Crippen molar-refractivity contribution < 1.29 is 24.2 Å². The molecule has 1 aliphatic rings. The number of carbonyl (C=O) groups excluding carboxylic acids is 2. The average molecular weight is 467 g/mol. The molecule has 1 atom stereocenters. The molecule has 0 heterocycles. The maximum absolute atomic E-state index is 13.3. The van der Waals surface area contributed by atoms with Crippen molar-refractivity contribution in [3.8, 4) is 11.1 Å². The van der Waals surface area contributed by atoms with Gasteiger partial charge in [0.15, 0.2) is 0 Å². The van der Waals surface area contributed by atoms with Crippen LogP contribution in [-0.4, -0.2) is 53.7 Å². The van der Waals surface area contributed by atoms with Gasteiger partial charge >= 0.3 is 12.1 Å². The van der Waals surface area contributed by atoms with Gasteiger partial charge in [0.05, 0.1) is 6.42 Å². The number of hydrogen-bond acceptors (Lipinski definition) is 4. The Morgan fingerprint density at radius 1 is 1.00 bits per heavy atom. The standard InChI is InChI=1S/C27H34N2O5/c1-5-15-29(16-14-23(30)31)25(32)24(27(2,3)4)28-26(33)34-17-22-20-12-8-6-10-18(20)19-11-7-9-13-21(19)22/h6-13,22,24H,5,14-17H2,1-4H3,(H,28,33)(H,30,31)/t24-/m1/s1. The molecule has 0 aromatic heterocycles. The molecule has 0 radical (unpaired) electrons. The van der Waals surface area contributed by atoms with Crippen molar-refractivity contribution >= 4 is 18.0 Å². The van der Waals surface area contributed by atoms with Crippen molar-refractivity contribution in [1.29, 1.82) is 0 Å². The van der Waals surface area contributed by atoms with Crippen LogP contribution >= 0.6 is 0 Å². The van der Waals surface area contributed by atoms with Crippen molar-refractivity contribution in [1.82, 2.24) is 10.2 Å². The van der Waals surface area contributed by atoms with E-state index in [4.69, 9.17) is 9.84 Å². The van der Waals surface area contributed by atoms with Crippen LogP contribution in [0.3, 0.4) is 0 Å². The Morgan fingerprint density at radius 2 is 1.56 bits per heavy atom. The first-order valence-corrected chi connectivity index (χ1v) is 11.8. The molecule has 0 fully saturated rings. The molecular formula is C27H34N2O5. The lowest BCUT2D eigenvalue weighted by Crippen LogP contribution is -2.55. The highest BCUT2D eigenvalue weighted by molar-refractivity contribution is 5.87. The molecule has 0 aliphatic heterocycles. The van der Waals surface area contributed by atoms with Crippen LogP contribution in [0.4, 0.5) is 4.79 Å². The predicted octanol–water partition coefficient (Wildman–Crippen LogP) is 4.65. The fraction of sp³-hybridized carbons (Fsp3) is 0.444. The summed E-state index contributed by atoms with van der Waals surface area (Å²) in [6.45, 7) is 8.18. The van der Waals surface area contributed by atoms with E-state index in [1.54, 1.807) is 0 Å². The van der Waals surface area contributed by atoms with Gasteiger partial charge in [-0.05, 0) is 34.1 Å². The Bertz CT molecular complexity index is 998. The number of ether oxygens (including phenoxy) is 1. The summed E-state index contributed by atoms with van der Waals surface area (Å²) in [6, 6.07) is 15.3. The maximum Gasteiger partial charge on any atom is 0.407 e. The van der Waals surface area contributed by atoms with Gasteiger partial charge in [-0.25, -0.2) is 4.79 Å². The summed E-state index contributed by atoms with van der Waals surface area (Å²) >= 11 is 0. The number of aliphatic carboxylic acids is 1. The molecule has 2 N–H and O–H groups in total. The van der Waals surface area contributed by atoms with Crippen LogP contribution in [0.5, 0.6) is 0 Å². The van der Waals surface area contributed by atoms with Gasteiger partial charge < -0.3 is 20.1 Å². The number of fused-ring (bicyclic) bond motifs is 3. The number of benzene rings is 2. The minimum absolute atomic E-state index is 0.0749. The molecule has 34 heavy (non-hydrogen) atoms. The average Bonchev–Trinajstić information content (AvgIpc) is 3.11. The lowest BCUT2D eigenvalue weighted by atomic mass is 9.85. The quantitative estimate of drug-likeness (QED) is 0.561. The molecular weight excluding hydrogens is 432 g/mol. The van der Waals surface area contributed by atoms with E-state index < -0.39 is 23.5 Å². The van der Waals surface area contributed by atoms with E-state index in [0.717, 1.165) is 22.3 Å². The largest absolute Gasteiger partial charge is 0.481 e. The van der Waals surface area contributed by atoms with Crippen molar-refractivity contribution in [2.75, 3.05) is 19.7 Å². The summed E-state index contributed by atoms with van der Waals surface area (Å²) in [4.78, 5) is 38.7. The van der Waals surface area contributed by atoms with Crippen molar-refractivity contribution in [2.45, 2.75) is 52.5 Å². The molecule has 0 saturated carbocycles. The first-order valence-electron chi connectivity index (χ1n) is 11.8. The predicted molar refractivity (Wildman–Crippen MR) is 131 cm³/mol. The number of alkyl carbamates (subject to hydrolysis) is 1. The molecule has 182 valence electrons. The third kappa shape index (κ3) is 5.76. The zero-order chi connectivity index (χ0) is 24.9. The zero-order valence-electron chi connectivity index (χ0n) is 20.3. The van der Waals surface area contributed by atoms with Crippen LogP contribution in [0, 0.1) is 5.41 Å². The zero-order valence-corrected chi connectivity index (χ0v) is 20.3. The second-order valence-electron chi connectivity index (χ2n) is 9.74. The Balaban J connectivity index is 1.71. The highest BCUT2D eigenvalue weighted by Crippen LogP contribution is 2.44. The van der Waals surface area contributed by atoms with Gasteiger partial charge in [-0.15, -0.1) is 0 Å². The summed E-state index contributed by atoms with van der Waals surface area (Å²) in [5, 5.41) is 11.8. The van der Waals surface area contributed by atoms with E-state index in [0.29, 0.717) is 13.0 Å². The first-order chi connectivity index (χ1) is 16.1. The molecule has 0 spiro atoms. The highest BCUT2D eigenvalue weighted by atomic mass is 16.5. The fourth-order valence-corrected chi connectivity index (χ4v) is 4.42. The Labute approximate surface area is 201 Å². The SMILES string of the molecule is CCCN(CCC(=O)O)C(=O)[C@@H](NC(=O)OCC1c2ccccc2-c2ccccc21)C(C)(C)C. The van der Waals surface area contributed by atoms with Crippen LogP contribution in [0.1, 0.15) is 57.6 Å². The third-order valence-electron chi connectivity index (χ3n) is 6.12. The highest BCUT2D eigenvalue weighted by Gasteiger charge is 2.36. The monoisotopic (exact) mass is 466 g/mol. The number of amides is 2. The number of rotatable bonds is 9. The summed E-state index contributed by atoms with van der Waals surface area (Å²) in [5.41, 5.74) is 3.93. The molecule has 1 aliphatic carbocycles. The summed E-state index contributed by atoms with van der Waals surface area (Å²) in [7, 11) is 0. The van der Waals surface area contributed by atoms with E-state index >= 15 is 0 Å². The topological polar surface area (TPSA) is 95.9 Å². The normalized spacial score (nSPS) is 13.5. The van der Waals surface area contributed by atoms with E-state index in [1.807, 2.05) is 64.1 Å². The lowest BCUT2D eigenvalue weighted by molar-refractivity contribution is -0.140. The molecule has 7 heteroatoms. The molecule has 0 saturated heterocycles. The summed E-state index contributed by atoms with van der Waals surface area (Å²) < 4.78 is 5.64. The Morgan fingerprint density at radius 3 is 2.06 bits per heavy atom. The molecule has 3 rings (SSSR count). The van der Waals surface area contributed by atoms with Gasteiger partial charge in [0.2, 0.25) is 5.91 Å². The minimum atomic E-state index is -0.967. The molecule has 2 aromatic carbocycles. The second kappa shape index (κ2) is 10.7. The molecule has 2 aromatic rings. The number of carboxylic acid groups (broad SMARTS) is 1. The molecule has 7 nitrogen and oxygen atoms in total. The van der Waals surface area contributed by atoms with Gasteiger partial charge in [-0.2, -0.15) is 0 Å². The summed E-state index contributed by atoms with van der Waals surface area (Å²) in [5.74, 6) is -1.34. The van der Waals surface area contributed by atoms with Crippen LogP contribution in [0.2, 0.25) is 0 Å². The van der Waals surface area contributed by atoms with E-state index in [-0.39, 0.29) is 31.4 Å². The van der Waals surface area contributed by atoms with Crippen LogP contribution in [0.15, 0.2) is 48.5 Å². The Hall–Kier alpha value is -3.35. The van der Waals surface area contributed by atoms with Crippen molar-refractivity contribution in [3.05, 3.63) is 59.7 Å². The second-order valence-corrected chi connectivity index (χ2v) is 9.74. The number of carboxylic acids is 1. The number of nitrogens with zero attached hydrogens (tertiary/aromatic N) is 1. The van der Waals surface area contributed by atoms with Crippen LogP contribution in [0.25, 0.3) is 11.1 Å². The van der Waals surface area contributed by atoms with Crippen molar-refractivity contribution in [2.24, 2.45) is 5.41 Å². The molecule has 2 amide bonds. The van der Waals surface area contributed by atoms with Crippen LogP contribution < -0.4 is 5.32 Å². The van der Waals surface area contributed by atoms with Crippen molar-refractivity contribution in [3.63, 3.8) is 0 Å². The van der Waals surface area contributed by atoms with E-state index in [9.17, 15) is 14.4 Å². The third-order valence-corrected chi connectivity index (χ3v) is 6.12. The van der Waals surface area contributed by atoms with Gasteiger partial charge in [-0.1, -0.05) is 76.2 Å². The maximum atomic E-state index is 13.3. The molecule has 0 unspecified atom stereocenters. The fourth-order valence-electron chi connectivity index (χ4n) is 4.42. The van der Waals surface area contributed by atoms with E-state index in [2.05, 4.69) is 17.4 Å². The number of carbonyl (C=O) groups is 3. The lowest BCUT2D eigenvalue weighted by Gasteiger charge is -2.34. The van der Waals surface area contributed by atoms with E-state index in [1.165, 1.54) is 4.90 Å². The minimum Gasteiger partial charge on any atom is -0.481 e. The first kappa shape index (κ1) is 25.3. The summed E-state index contributed by atoms with van der Waals surface area (Å²) in [6.07, 6.45) is -0.120. The van der Waals surface area contributed by atoms with Gasteiger partial charge in [0.25, 0.3) is 0 Å². The van der Waals surface area contributed by atoms with Gasteiger partial charge in [0.1, 0.15) is 12.6 Å². The van der Waals surface area contributed by atoms with Gasteiger partial charge in [-0.3, -0.25) is 9.59 Å². The Kier molecular flexibility index (Phi) is 7.97. The number of hydrogen-bond donors (Lipinski definition) is 2. The smallest absolute Gasteiger partial charge is 0.407 e. The number of nitrogens with one attached hydrogen (secondary N) is 1. The molecule has 0 bridgehead atoms.